The third kappa shape index (κ3) is 4.21. The summed E-state index contributed by atoms with van der Waals surface area (Å²) in [7, 11) is 1.60. The van der Waals surface area contributed by atoms with Crippen molar-refractivity contribution in [1.82, 2.24) is 0 Å². The van der Waals surface area contributed by atoms with E-state index in [1.54, 1.807) is 31.4 Å². The molecule has 0 saturated carbocycles. The lowest BCUT2D eigenvalue weighted by molar-refractivity contribution is 0.0945. The zero-order valence-electron chi connectivity index (χ0n) is 18.0. The summed E-state index contributed by atoms with van der Waals surface area (Å²) in [5.74, 6) is 0.521. The zero-order valence-corrected chi connectivity index (χ0v) is 18.0. The highest BCUT2D eigenvalue weighted by Crippen LogP contribution is 2.47. The number of ether oxygens (including phenoxy) is 2. The molecule has 3 N–H and O–H groups in total. The Kier molecular flexibility index (Phi) is 5.95. The molecule has 0 spiro atoms. The van der Waals surface area contributed by atoms with Crippen molar-refractivity contribution in [2.75, 3.05) is 7.11 Å². The number of carbonyl (C=O) groups excluding carboxylic acids is 1. The first-order chi connectivity index (χ1) is 15.4. The van der Waals surface area contributed by atoms with Crippen LogP contribution >= 0.6 is 0 Å². The van der Waals surface area contributed by atoms with Crippen molar-refractivity contribution in [3.05, 3.63) is 76.9 Å². The van der Waals surface area contributed by atoms with Crippen molar-refractivity contribution in [2.24, 2.45) is 5.92 Å². The van der Waals surface area contributed by atoms with Gasteiger partial charge >= 0.3 is 0 Å². The Hall–Kier alpha value is -3.67. The number of hydrogen-bond donors (Lipinski definition) is 3. The minimum atomic E-state index is -0.377. The molecule has 4 rings (SSSR count). The molecule has 0 saturated heterocycles. The molecule has 32 heavy (non-hydrogen) atoms. The molecule has 2 atom stereocenters. The average molecular weight is 434 g/mol. The maximum absolute atomic E-state index is 13.1. The van der Waals surface area contributed by atoms with Crippen LogP contribution in [0.25, 0.3) is 0 Å². The SMILES string of the molecule is COc1ccc(CCC(=O)c2c(O)cc(O)c3c2O[C@H](c2ccc(O)cc2)[C@H](C)C3)cc1. The molecule has 6 heteroatoms. The number of hydrogen-bond acceptors (Lipinski definition) is 6. The molecule has 0 amide bonds. The summed E-state index contributed by atoms with van der Waals surface area (Å²) >= 11 is 0. The van der Waals surface area contributed by atoms with Crippen LogP contribution in [0.2, 0.25) is 0 Å². The predicted octanol–water partition coefficient (Wildman–Crippen LogP) is 4.94. The van der Waals surface area contributed by atoms with Gasteiger partial charge in [-0.05, 0) is 48.2 Å². The fourth-order valence-corrected chi connectivity index (χ4v) is 4.18. The molecule has 1 heterocycles. The first-order valence-electron chi connectivity index (χ1n) is 10.6. The molecule has 0 aromatic heterocycles. The van der Waals surface area contributed by atoms with E-state index >= 15 is 0 Å². The van der Waals surface area contributed by atoms with Crippen molar-refractivity contribution in [3.63, 3.8) is 0 Å². The summed E-state index contributed by atoms with van der Waals surface area (Å²) in [6, 6.07) is 15.4. The van der Waals surface area contributed by atoms with Gasteiger partial charge < -0.3 is 24.8 Å². The number of ketones is 1. The number of benzene rings is 3. The first kappa shape index (κ1) is 21.6. The minimum Gasteiger partial charge on any atom is -0.508 e. The summed E-state index contributed by atoms with van der Waals surface area (Å²) in [4.78, 5) is 13.1. The molecular weight excluding hydrogens is 408 g/mol. The maximum atomic E-state index is 13.1. The van der Waals surface area contributed by atoms with Gasteiger partial charge in [0.05, 0.1) is 7.11 Å². The number of aromatic hydroxyl groups is 3. The van der Waals surface area contributed by atoms with Crippen molar-refractivity contribution in [1.29, 1.82) is 0 Å². The molecule has 6 nitrogen and oxygen atoms in total. The summed E-state index contributed by atoms with van der Waals surface area (Å²) in [5.41, 5.74) is 2.45. The quantitative estimate of drug-likeness (QED) is 0.476. The predicted molar refractivity (Wildman–Crippen MR) is 120 cm³/mol. The summed E-state index contributed by atoms with van der Waals surface area (Å²) in [5, 5.41) is 30.5. The van der Waals surface area contributed by atoms with Crippen LogP contribution in [0.5, 0.6) is 28.7 Å². The van der Waals surface area contributed by atoms with Gasteiger partial charge in [-0.3, -0.25) is 4.79 Å². The van der Waals surface area contributed by atoms with Crippen molar-refractivity contribution in [2.45, 2.75) is 32.3 Å². The van der Waals surface area contributed by atoms with Crippen molar-refractivity contribution < 1.29 is 29.6 Å². The van der Waals surface area contributed by atoms with Gasteiger partial charge in [-0.15, -0.1) is 0 Å². The summed E-state index contributed by atoms with van der Waals surface area (Å²) in [6.07, 6.45) is 0.791. The highest BCUT2D eigenvalue weighted by molar-refractivity contribution is 6.02. The highest BCUT2D eigenvalue weighted by atomic mass is 16.5. The van der Waals surface area contributed by atoms with Crippen LogP contribution in [0.15, 0.2) is 54.6 Å². The molecule has 0 radical (unpaired) electrons. The van der Waals surface area contributed by atoms with Gasteiger partial charge in [0.2, 0.25) is 0 Å². The number of phenolic OH excluding ortho intramolecular Hbond substituents is 3. The lowest BCUT2D eigenvalue weighted by Gasteiger charge is -2.33. The molecule has 3 aromatic carbocycles. The topological polar surface area (TPSA) is 96.2 Å². The lowest BCUT2D eigenvalue weighted by atomic mass is 9.86. The highest BCUT2D eigenvalue weighted by Gasteiger charge is 2.34. The van der Waals surface area contributed by atoms with Crippen LogP contribution in [0.3, 0.4) is 0 Å². The molecule has 166 valence electrons. The van der Waals surface area contributed by atoms with E-state index in [1.165, 1.54) is 6.07 Å². The lowest BCUT2D eigenvalue weighted by Crippen LogP contribution is -2.25. The Morgan fingerprint density at radius 2 is 1.72 bits per heavy atom. The molecule has 3 aromatic rings. The van der Waals surface area contributed by atoms with Crippen LogP contribution in [-0.4, -0.2) is 28.2 Å². The molecular formula is C26H26O6. The minimum absolute atomic E-state index is 0.0183. The molecule has 0 aliphatic carbocycles. The van der Waals surface area contributed by atoms with Crippen LogP contribution in [0.1, 0.15) is 46.5 Å². The number of Topliss-reactive ketones (excluding diaryl/α,β-unsaturated/α-hetero) is 1. The molecule has 0 bridgehead atoms. The first-order valence-corrected chi connectivity index (χ1v) is 10.6. The number of carbonyl (C=O) groups is 1. The Balaban J connectivity index is 1.62. The Morgan fingerprint density at radius 3 is 2.38 bits per heavy atom. The van der Waals surface area contributed by atoms with Crippen molar-refractivity contribution >= 4 is 5.78 Å². The normalized spacial score (nSPS) is 17.3. The van der Waals surface area contributed by atoms with Gasteiger partial charge in [-0.25, -0.2) is 0 Å². The van der Waals surface area contributed by atoms with Crippen LogP contribution in [-0.2, 0) is 12.8 Å². The van der Waals surface area contributed by atoms with Gasteiger partial charge in [0.1, 0.15) is 40.4 Å². The average Bonchev–Trinajstić information content (AvgIpc) is 2.79. The smallest absolute Gasteiger partial charge is 0.170 e. The van der Waals surface area contributed by atoms with E-state index in [4.69, 9.17) is 9.47 Å². The van der Waals surface area contributed by atoms with Crippen LogP contribution in [0.4, 0.5) is 0 Å². The van der Waals surface area contributed by atoms with Crippen LogP contribution in [0, 0.1) is 5.92 Å². The second-order valence-corrected chi connectivity index (χ2v) is 8.18. The van der Waals surface area contributed by atoms with E-state index in [9.17, 15) is 20.1 Å². The van der Waals surface area contributed by atoms with Gasteiger partial charge in [0, 0.05) is 24.0 Å². The maximum Gasteiger partial charge on any atom is 0.170 e. The number of methoxy groups -OCH3 is 1. The Morgan fingerprint density at radius 1 is 1.03 bits per heavy atom. The van der Waals surface area contributed by atoms with E-state index in [0.29, 0.717) is 18.4 Å². The number of rotatable bonds is 6. The molecule has 0 unspecified atom stereocenters. The third-order valence-electron chi connectivity index (χ3n) is 5.93. The Bertz CT molecular complexity index is 1120. The summed E-state index contributed by atoms with van der Waals surface area (Å²) < 4.78 is 11.4. The van der Waals surface area contributed by atoms with Crippen molar-refractivity contribution in [3.8, 4) is 28.7 Å². The number of phenols is 3. The van der Waals surface area contributed by atoms with E-state index < -0.39 is 0 Å². The second kappa shape index (κ2) is 8.83. The zero-order chi connectivity index (χ0) is 22.8. The van der Waals surface area contributed by atoms with Gasteiger partial charge in [-0.1, -0.05) is 31.2 Å². The Labute approximate surface area is 186 Å². The van der Waals surface area contributed by atoms with E-state index in [-0.39, 0.29) is 52.8 Å². The molecule has 1 aliphatic heterocycles. The molecule has 0 fully saturated rings. The fourth-order valence-electron chi connectivity index (χ4n) is 4.18. The largest absolute Gasteiger partial charge is 0.508 e. The van der Waals surface area contributed by atoms with Gasteiger partial charge in [0.15, 0.2) is 5.78 Å². The van der Waals surface area contributed by atoms with Gasteiger partial charge in [-0.2, -0.15) is 0 Å². The monoisotopic (exact) mass is 434 g/mol. The summed E-state index contributed by atoms with van der Waals surface area (Å²) in [6.45, 7) is 2.00. The second-order valence-electron chi connectivity index (χ2n) is 8.18. The number of fused-ring (bicyclic) bond motifs is 1. The third-order valence-corrected chi connectivity index (χ3v) is 5.93. The van der Waals surface area contributed by atoms with E-state index in [2.05, 4.69) is 0 Å². The molecule has 1 aliphatic rings. The standard InChI is InChI=1S/C26H26O6/c1-15-13-20-22(29)14-23(30)24(21(28)12-5-16-3-10-19(31-2)11-4-16)26(20)32-25(15)17-6-8-18(27)9-7-17/h3-4,6-11,14-15,25,27,29-30H,5,12-13H2,1-2H3/t15-,25+/m1/s1. The van der Waals surface area contributed by atoms with Crippen LogP contribution < -0.4 is 9.47 Å². The van der Waals surface area contributed by atoms with E-state index in [0.717, 1.165) is 16.9 Å². The van der Waals surface area contributed by atoms with Gasteiger partial charge in [0.25, 0.3) is 0 Å². The fraction of sp³-hybridized carbons (Fsp3) is 0.269. The number of aryl methyl sites for hydroxylation is 1. The van der Waals surface area contributed by atoms with E-state index in [1.807, 2.05) is 31.2 Å².